The molecule has 0 saturated heterocycles. The molecule has 28 heavy (non-hydrogen) atoms. The van der Waals surface area contributed by atoms with E-state index in [1.165, 1.54) is 16.9 Å². The highest BCUT2D eigenvalue weighted by molar-refractivity contribution is 7.14. The third-order valence-electron chi connectivity index (χ3n) is 4.94. The first-order valence-electron chi connectivity index (χ1n) is 9.27. The summed E-state index contributed by atoms with van der Waals surface area (Å²) < 4.78 is 0. The third-order valence-corrected chi connectivity index (χ3v) is 6.07. The number of nitrogens with zero attached hydrogens (tertiary/aromatic N) is 2. The summed E-state index contributed by atoms with van der Waals surface area (Å²) in [4.78, 5) is 18.8. The maximum absolute atomic E-state index is 12.4. The summed E-state index contributed by atoms with van der Waals surface area (Å²) in [7, 11) is 0. The average molecular weight is 415 g/mol. The number of halogens is 1. The first-order chi connectivity index (χ1) is 13.4. The molecule has 3 rings (SSSR count). The van der Waals surface area contributed by atoms with Gasteiger partial charge in [-0.05, 0) is 50.1 Å². The Morgan fingerprint density at radius 3 is 2.61 bits per heavy atom. The summed E-state index contributed by atoms with van der Waals surface area (Å²) in [5.74, 6) is -0.0342. The van der Waals surface area contributed by atoms with Gasteiger partial charge in [0.25, 0.3) is 0 Å². The zero-order chi connectivity index (χ0) is 20.3. The normalized spacial score (nSPS) is 12.0. The van der Waals surface area contributed by atoms with Crippen LogP contribution in [0, 0.1) is 13.8 Å². The fourth-order valence-corrected chi connectivity index (χ4v) is 4.10. The predicted octanol–water partition coefficient (Wildman–Crippen LogP) is 4.92. The molecule has 1 aromatic heterocycles. The Kier molecular flexibility index (Phi) is 6.50. The molecule has 2 aromatic carbocycles. The molecule has 4 nitrogen and oxygen atoms in total. The standard InChI is InChI=1S/C22H24ClN3OS/c1-14-6-5-7-21(15(14)2)26(17(4)27)22-25-20(13-28-22)12-24-16(3)18-8-10-19(23)11-9-18/h5-11,13,16,24H,12H2,1-4H3/p+1/t16-/m0/s1. The minimum Gasteiger partial charge on any atom is -0.335 e. The molecule has 0 saturated carbocycles. The van der Waals surface area contributed by atoms with Crippen molar-refractivity contribution in [3.63, 3.8) is 0 Å². The highest BCUT2D eigenvalue weighted by atomic mass is 35.5. The zero-order valence-electron chi connectivity index (χ0n) is 16.6. The molecule has 3 aromatic rings. The van der Waals surface area contributed by atoms with Gasteiger partial charge in [0.15, 0.2) is 5.13 Å². The van der Waals surface area contributed by atoms with Crippen LogP contribution in [0.5, 0.6) is 0 Å². The predicted molar refractivity (Wildman–Crippen MR) is 116 cm³/mol. The average Bonchev–Trinajstić information content (AvgIpc) is 3.12. The Bertz CT molecular complexity index is 968. The number of nitrogens with two attached hydrogens (primary N) is 1. The Hall–Kier alpha value is -2.21. The van der Waals surface area contributed by atoms with Gasteiger partial charge in [-0.15, -0.1) is 11.3 Å². The molecule has 1 atom stereocenters. The quantitative estimate of drug-likeness (QED) is 0.622. The van der Waals surface area contributed by atoms with Gasteiger partial charge in [0.1, 0.15) is 18.3 Å². The highest BCUT2D eigenvalue weighted by Gasteiger charge is 2.21. The Morgan fingerprint density at radius 2 is 1.93 bits per heavy atom. The molecule has 0 aliphatic heterocycles. The fourth-order valence-electron chi connectivity index (χ4n) is 3.08. The minimum atomic E-state index is -0.0342. The molecule has 0 aliphatic rings. The summed E-state index contributed by atoms with van der Waals surface area (Å²) in [6.45, 7) is 8.58. The molecule has 2 N–H and O–H groups in total. The van der Waals surface area contributed by atoms with E-state index in [9.17, 15) is 4.79 Å². The smallest absolute Gasteiger partial charge is 0.230 e. The molecule has 146 valence electrons. The highest BCUT2D eigenvalue weighted by Crippen LogP contribution is 2.32. The SMILES string of the molecule is CC(=O)N(c1nc(C[NH2+][C@@H](C)c2ccc(Cl)cc2)cs1)c1cccc(C)c1C. The van der Waals surface area contributed by atoms with Crippen LogP contribution >= 0.6 is 22.9 Å². The van der Waals surface area contributed by atoms with E-state index in [-0.39, 0.29) is 5.91 Å². The van der Waals surface area contributed by atoms with Gasteiger partial charge in [-0.25, -0.2) is 4.98 Å². The number of carbonyl (C=O) groups is 1. The monoisotopic (exact) mass is 414 g/mol. The molecule has 6 heteroatoms. The number of rotatable bonds is 6. The number of hydrogen-bond donors (Lipinski definition) is 1. The van der Waals surface area contributed by atoms with Crippen molar-refractivity contribution in [3.8, 4) is 0 Å². The second-order valence-corrected chi connectivity index (χ2v) is 8.25. The Balaban J connectivity index is 1.75. The van der Waals surface area contributed by atoms with E-state index in [2.05, 4.69) is 25.2 Å². The lowest BCUT2D eigenvalue weighted by Gasteiger charge is -2.21. The van der Waals surface area contributed by atoms with Gasteiger partial charge in [-0.1, -0.05) is 35.9 Å². The molecule has 0 unspecified atom stereocenters. The van der Waals surface area contributed by atoms with Crippen LogP contribution in [-0.2, 0) is 11.3 Å². The second kappa shape index (κ2) is 8.86. The number of amides is 1. The zero-order valence-corrected chi connectivity index (χ0v) is 18.1. The molecular formula is C22H25ClN3OS+. The summed E-state index contributed by atoms with van der Waals surface area (Å²) in [6, 6.07) is 14.2. The van der Waals surface area contributed by atoms with Crippen LogP contribution in [0.1, 0.15) is 42.3 Å². The summed E-state index contributed by atoms with van der Waals surface area (Å²) in [5, 5.41) is 5.72. The van der Waals surface area contributed by atoms with Crippen LogP contribution in [0.2, 0.25) is 5.02 Å². The minimum absolute atomic E-state index is 0.0342. The van der Waals surface area contributed by atoms with E-state index in [1.54, 1.807) is 11.8 Å². The Labute approximate surface area is 175 Å². The number of carbonyl (C=O) groups excluding carboxylic acids is 1. The van der Waals surface area contributed by atoms with E-state index in [0.29, 0.717) is 11.2 Å². The number of aryl methyl sites for hydroxylation is 1. The number of benzene rings is 2. The van der Waals surface area contributed by atoms with Gasteiger partial charge >= 0.3 is 0 Å². The number of aromatic nitrogens is 1. The molecular weight excluding hydrogens is 390 g/mol. The maximum atomic E-state index is 12.4. The third kappa shape index (κ3) is 4.61. The van der Waals surface area contributed by atoms with Crippen LogP contribution in [0.3, 0.4) is 0 Å². The van der Waals surface area contributed by atoms with Gasteiger partial charge in [0.05, 0.1) is 5.69 Å². The molecule has 0 spiro atoms. The van der Waals surface area contributed by atoms with Crippen molar-refractivity contribution in [2.24, 2.45) is 0 Å². The lowest BCUT2D eigenvalue weighted by molar-refractivity contribution is -0.708. The largest absolute Gasteiger partial charge is 0.335 e. The van der Waals surface area contributed by atoms with Gasteiger partial charge in [0, 0.05) is 22.9 Å². The molecule has 0 fully saturated rings. The lowest BCUT2D eigenvalue weighted by atomic mass is 10.1. The molecule has 0 bridgehead atoms. The fraction of sp³-hybridized carbons (Fsp3) is 0.273. The van der Waals surface area contributed by atoms with Gasteiger partial charge < -0.3 is 5.32 Å². The van der Waals surface area contributed by atoms with Crippen molar-refractivity contribution in [2.75, 3.05) is 4.90 Å². The van der Waals surface area contributed by atoms with Crippen molar-refractivity contribution < 1.29 is 10.1 Å². The van der Waals surface area contributed by atoms with Crippen LogP contribution in [0.4, 0.5) is 10.8 Å². The van der Waals surface area contributed by atoms with Gasteiger partial charge in [-0.2, -0.15) is 0 Å². The van der Waals surface area contributed by atoms with Crippen molar-refractivity contribution in [3.05, 3.63) is 75.3 Å². The van der Waals surface area contributed by atoms with Crippen molar-refractivity contribution in [1.29, 1.82) is 0 Å². The van der Waals surface area contributed by atoms with Gasteiger partial charge in [0.2, 0.25) is 5.91 Å². The molecule has 0 radical (unpaired) electrons. The van der Waals surface area contributed by atoms with E-state index < -0.39 is 0 Å². The Morgan fingerprint density at radius 1 is 1.21 bits per heavy atom. The first-order valence-corrected chi connectivity index (χ1v) is 10.5. The van der Waals surface area contributed by atoms with E-state index in [1.807, 2.05) is 48.7 Å². The number of anilines is 2. The van der Waals surface area contributed by atoms with Gasteiger partial charge in [-0.3, -0.25) is 9.69 Å². The van der Waals surface area contributed by atoms with Crippen LogP contribution in [-0.4, -0.2) is 10.9 Å². The second-order valence-electron chi connectivity index (χ2n) is 6.97. The summed E-state index contributed by atoms with van der Waals surface area (Å²) >= 11 is 7.47. The topological polar surface area (TPSA) is 49.8 Å². The van der Waals surface area contributed by atoms with Crippen LogP contribution in [0.25, 0.3) is 0 Å². The van der Waals surface area contributed by atoms with Crippen molar-refractivity contribution in [1.82, 2.24) is 4.98 Å². The summed E-state index contributed by atoms with van der Waals surface area (Å²) in [5.41, 5.74) is 5.34. The van der Waals surface area contributed by atoms with E-state index >= 15 is 0 Å². The number of hydrogen-bond acceptors (Lipinski definition) is 3. The van der Waals surface area contributed by atoms with Crippen LogP contribution in [0.15, 0.2) is 47.8 Å². The molecule has 1 amide bonds. The van der Waals surface area contributed by atoms with Crippen molar-refractivity contribution >= 4 is 39.7 Å². The van der Waals surface area contributed by atoms with E-state index in [0.717, 1.165) is 34.1 Å². The van der Waals surface area contributed by atoms with Crippen LogP contribution < -0.4 is 10.2 Å². The molecule has 0 aliphatic carbocycles. The first kappa shape index (κ1) is 20.5. The number of quaternary nitrogens is 1. The summed E-state index contributed by atoms with van der Waals surface area (Å²) in [6.07, 6.45) is 0. The van der Waals surface area contributed by atoms with Crippen molar-refractivity contribution in [2.45, 2.75) is 40.3 Å². The lowest BCUT2D eigenvalue weighted by Crippen LogP contribution is -2.83. The van der Waals surface area contributed by atoms with E-state index in [4.69, 9.17) is 16.6 Å². The molecule has 1 heterocycles. The number of thiazole rings is 1. The maximum Gasteiger partial charge on any atom is 0.230 e.